The van der Waals surface area contributed by atoms with E-state index in [0.717, 1.165) is 36.2 Å². The first-order chi connectivity index (χ1) is 7.84. The molecule has 0 bridgehead atoms. The van der Waals surface area contributed by atoms with E-state index in [1.165, 1.54) is 0 Å². The highest BCUT2D eigenvalue weighted by atomic mass is 16.3. The zero-order valence-electron chi connectivity index (χ0n) is 8.93. The van der Waals surface area contributed by atoms with Gasteiger partial charge < -0.3 is 15.0 Å². The average Bonchev–Trinajstić information content (AvgIpc) is 2.76. The molecule has 0 aromatic carbocycles. The number of aromatic amines is 1. The van der Waals surface area contributed by atoms with Gasteiger partial charge in [0.2, 0.25) is 0 Å². The Balaban J connectivity index is 2.01. The number of hydrogen-bond acceptors (Lipinski definition) is 4. The first kappa shape index (κ1) is 9.59. The van der Waals surface area contributed by atoms with Crippen molar-refractivity contribution in [1.82, 2.24) is 15.0 Å². The highest BCUT2D eigenvalue weighted by molar-refractivity contribution is 5.87. The molecule has 1 aliphatic heterocycles. The van der Waals surface area contributed by atoms with Gasteiger partial charge in [0.05, 0.1) is 11.5 Å². The summed E-state index contributed by atoms with van der Waals surface area (Å²) in [6, 6.07) is 1.98. The topological polar surface area (TPSA) is 65.0 Å². The monoisotopic (exact) mass is 218 g/mol. The molecule has 3 rings (SSSR count). The van der Waals surface area contributed by atoms with Crippen molar-refractivity contribution >= 4 is 16.9 Å². The highest BCUT2D eigenvalue weighted by Gasteiger charge is 2.20. The van der Waals surface area contributed by atoms with E-state index in [0.29, 0.717) is 6.54 Å². The van der Waals surface area contributed by atoms with Gasteiger partial charge in [-0.15, -0.1) is 0 Å². The summed E-state index contributed by atoms with van der Waals surface area (Å²) < 4.78 is 0. The van der Waals surface area contributed by atoms with E-state index in [-0.39, 0.29) is 6.10 Å². The molecule has 1 aliphatic rings. The first-order valence-electron chi connectivity index (χ1n) is 5.56. The number of anilines is 1. The summed E-state index contributed by atoms with van der Waals surface area (Å²) in [5, 5.41) is 10.7. The van der Waals surface area contributed by atoms with E-state index in [4.69, 9.17) is 0 Å². The van der Waals surface area contributed by atoms with Crippen LogP contribution in [0.1, 0.15) is 12.8 Å². The number of rotatable bonds is 1. The molecular weight excluding hydrogens is 204 g/mol. The SMILES string of the molecule is OC1CCCN(c2ncnc3[nH]ccc23)C1. The molecule has 2 N–H and O–H groups in total. The third-order valence-electron chi connectivity index (χ3n) is 3.03. The molecule has 16 heavy (non-hydrogen) atoms. The number of aliphatic hydroxyl groups excluding tert-OH is 1. The minimum absolute atomic E-state index is 0.238. The second-order valence-electron chi connectivity index (χ2n) is 4.18. The Hall–Kier alpha value is -1.62. The minimum Gasteiger partial charge on any atom is -0.391 e. The second kappa shape index (κ2) is 3.75. The van der Waals surface area contributed by atoms with Gasteiger partial charge in [0, 0.05) is 19.3 Å². The van der Waals surface area contributed by atoms with Crippen LogP contribution in [-0.4, -0.2) is 39.3 Å². The fourth-order valence-electron chi connectivity index (χ4n) is 2.26. The lowest BCUT2D eigenvalue weighted by atomic mass is 10.1. The Labute approximate surface area is 93.1 Å². The van der Waals surface area contributed by atoms with Gasteiger partial charge in [-0.1, -0.05) is 0 Å². The molecule has 5 heteroatoms. The maximum atomic E-state index is 9.67. The van der Waals surface area contributed by atoms with Crippen LogP contribution in [-0.2, 0) is 0 Å². The fraction of sp³-hybridized carbons (Fsp3) is 0.455. The normalized spacial score (nSPS) is 21.6. The van der Waals surface area contributed by atoms with E-state index >= 15 is 0 Å². The van der Waals surface area contributed by atoms with Crippen molar-refractivity contribution in [3.63, 3.8) is 0 Å². The van der Waals surface area contributed by atoms with E-state index in [1.807, 2.05) is 12.3 Å². The second-order valence-corrected chi connectivity index (χ2v) is 4.18. The molecule has 84 valence electrons. The van der Waals surface area contributed by atoms with Gasteiger partial charge in [0.15, 0.2) is 0 Å². The molecule has 0 amide bonds. The maximum absolute atomic E-state index is 9.67. The molecule has 1 fully saturated rings. The van der Waals surface area contributed by atoms with Crippen LogP contribution in [0.15, 0.2) is 18.6 Å². The van der Waals surface area contributed by atoms with Gasteiger partial charge in [-0.2, -0.15) is 0 Å². The van der Waals surface area contributed by atoms with Crippen molar-refractivity contribution in [2.45, 2.75) is 18.9 Å². The number of aromatic nitrogens is 3. The Bertz CT molecular complexity index is 495. The third kappa shape index (κ3) is 1.53. The maximum Gasteiger partial charge on any atom is 0.142 e. The predicted molar refractivity (Wildman–Crippen MR) is 61.3 cm³/mol. The molecular formula is C11H14N4O. The Morgan fingerprint density at radius 2 is 2.38 bits per heavy atom. The van der Waals surface area contributed by atoms with Crippen LogP contribution in [0.4, 0.5) is 5.82 Å². The Morgan fingerprint density at radius 1 is 1.44 bits per heavy atom. The Morgan fingerprint density at radius 3 is 3.25 bits per heavy atom. The zero-order chi connectivity index (χ0) is 11.0. The molecule has 1 unspecified atom stereocenters. The van der Waals surface area contributed by atoms with Crippen molar-refractivity contribution in [2.24, 2.45) is 0 Å². The average molecular weight is 218 g/mol. The van der Waals surface area contributed by atoms with E-state index in [1.54, 1.807) is 6.33 Å². The summed E-state index contributed by atoms with van der Waals surface area (Å²) >= 11 is 0. The highest BCUT2D eigenvalue weighted by Crippen LogP contribution is 2.24. The van der Waals surface area contributed by atoms with Gasteiger partial charge in [0.1, 0.15) is 17.8 Å². The number of aliphatic hydroxyl groups is 1. The number of H-pyrrole nitrogens is 1. The first-order valence-corrected chi connectivity index (χ1v) is 5.56. The lowest BCUT2D eigenvalue weighted by molar-refractivity contribution is 0.154. The zero-order valence-corrected chi connectivity index (χ0v) is 8.93. The number of β-amino-alcohol motifs (C(OH)–C–C–N with tert-alkyl or cyclic N) is 1. The lowest BCUT2D eigenvalue weighted by Gasteiger charge is -2.31. The van der Waals surface area contributed by atoms with Crippen LogP contribution in [0.2, 0.25) is 0 Å². The van der Waals surface area contributed by atoms with E-state index in [9.17, 15) is 5.11 Å². The van der Waals surface area contributed by atoms with Crippen molar-refractivity contribution < 1.29 is 5.11 Å². The van der Waals surface area contributed by atoms with Crippen molar-refractivity contribution in [3.05, 3.63) is 18.6 Å². The van der Waals surface area contributed by atoms with Gasteiger partial charge in [-0.05, 0) is 18.9 Å². The smallest absolute Gasteiger partial charge is 0.142 e. The Kier molecular flexibility index (Phi) is 2.25. The van der Waals surface area contributed by atoms with Crippen LogP contribution in [0, 0.1) is 0 Å². The molecule has 0 spiro atoms. The summed E-state index contributed by atoms with van der Waals surface area (Å²) in [6.45, 7) is 1.62. The quantitative estimate of drug-likeness (QED) is 0.747. The molecule has 3 heterocycles. The van der Waals surface area contributed by atoms with E-state index in [2.05, 4.69) is 19.9 Å². The molecule has 0 radical (unpaired) electrons. The summed E-state index contributed by atoms with van der Waals surface area (Å²) in [5.74, 6) is 0.921. The lowest BCUT2D eigenvalue weighted by Crippen LogP contribution is -2.38. The van der Waals surface area contributed by atoms with Gasteiger partial charge >= 0.3 is 0 Å². The molecule has 1 atom stereocenters. The van der Waals surface area contributed by atoms with E-state index < -0.39 is 0 Å². The van der Waals surface area contributed by atoms with Crippen LogP contribution in [0.5, 0.6) is 0 Å². The molecule has 1 saturated heterocycles. The molecule has 0 aliphatic carbocycles. The molecule has 2 aromatic rings. The van der Waals surface area contributed by atoms with Gasteiger partial charge in [-0.25, -0.2) is 9.97 Å². The van der Waals surface area contributed by atoms with Gasteiger partial charge in [0.25, 0.3) is 0 Å². The predicted octanol–water partition coefficient (Wildman–Crippen LogP) is 0.919. The number of hydrogen-bond donors (Lipinski definition) is 2. The van der Waals surface area contributed by atoms with Crippen molar-refractivity contribution in [1.29, 1.82) is 0 Å². The largest absolute Gasteiger partial charge is 0.391 e. The third-order valence-corrected chi connectivity index (χ3v) is 3.03. The standard InChI is InChI=1S/C11H14N4O/c16-8-2-1-5-15(6-8)11-9-3-4-12-10(9)13-7-14-11/h3-4,7-8,16H,1-2,5-6H2,(H,12,13,14). The number of nitrogens with zero attached hydrogens (tertiary/aromatic N) is 3. The minimum atomic E-state index is -0.238. The van der Waals surface area contributed by atoms with Gasteiger partial charge in [-0.3, -0.25) is 0 Å². The van der Waals surface area contributed by atoms with Crippen LogP contribution in [0.25, 0.3) is 11.0 Å². The number of nitrogens with one attached hydrogen (secondary N) is 1. The fourth-order valence-corrected chi connectivity index (χ4v) is 2.26. The summed E-state index contributed by atoms with van der Waals surface area (Å²) in [4.78, 5) is 13.7. The molecule has 2 aromatic heterocycles. The molecule has 0 saturated carbocycles. The molecule has 5 nitrogen and oxygen atoms in total. The van der Waals surface area contributed by atoms with Crippen LogP contribution >= 0.6 is 0 Å². The van der Waals surface area contributed by atoms with Crippen molar-refractivity contribution in [2.75, 3.05) is 18.0 Å². The number of piperidine rings is 1. The van der Waals surface area contributed by atoms with Crippen molar-refractivity contribution in [3.8, 4) is 0 Å². The number of fused-ring (bicyclic) bond motifs is 1. The summed E-state index contributed by atoms with van der Waals surface area (Å²) in [6.07, 6.45) is 5.09. The summed E-state index contributed by atoms with van der Waals surface area (Å²) in [5.41, 5.74) is 0.852. The van der Waals surface area contributed by atoms with Crippen LogP contribution in [0.3, 0.4) is 0 Å². The summed E-state index contributed by atoms with van der Waals surface area (Å²) in [7, 11) is 0. The van der Waals surface area contributed by atoms with Crippen LogP contribution < -0.4 is 4.90 Å².